The zero-order valence-corrected chi connectivity index (χ0v) is 18.4. The molecule has 172 valence electrons. The molecule has 4 rings (SSSR count). The van der Waals surface area contributed by atoms with Crippen molar-refractivity contribution in [2.24, 2.45) is 11.0 Å². The lowest BCUT2D eigenvalue weighted by molar-refractivity contribution is -0.133. The molecule has 1 aliphatic carbocycles. The second-order valence-electron chi connectivity index (χ2n) is 9.06. The highest BCUT2D eigenvalue weighted by molar-refractivity contribution is 6.39. The Labute approximate surface area is 188 Å². The van der Waals surface area contributed by atoms with Crippen LogP contribution in [-0.2, 0) is 20.9 Å². The minimum atomic E-state index is -0.342. The second-order valence-corrected chi connectivity index (χ2v) is 9.06. The predicted molar refractivity (Wildman–Crippen MR) is 118 cm³/mol. The van der Waals surface area contributed by atoms with E-state index in [-0.39, 0.29) is 48.5 Å². The summed E-state index contributed by atoms with van der Waals surface area (Å²) in [6, 6.07) is 6.15. The van der Waals surface area contributed by atoms with Crippen LogP contribution in [0.4, 0.5) is 4.39 Å². The van der Waals surface area contributed by atoms with E-state index in [0.717, 1.165) is 44.1 Å². The molecule has 2 heterocycles. The molecular weight excluding hydrogens is 411 g/mol. The van der Waals surface area contributed by atoms with Gasteiger partial charge >= 0.3 is 0 Å². The fraction of sp³-hybridized carbons (Fsp3) is 0.583. The van der Waals surface area contributed by atoms with Crippen LogP contribution < -0.4 is 5.32 Å². The van der Waals surface area contributed by atoms with E-state index in [4.69, 9.17) is 0 Å². The Bertz CT molecular complexity index is 880. The lowest BCUT2D eigenvalue weighted by atomic mass is 9.92. The van der Waals surface area contributed by atoms with Crippen molar-refractivity contribution in [3.63, 3.8) is 0 Å². The average molecular weight is 443 g/mol. The van der Waals surface area contributed by atoms with Crippen molar-refractivity contribution < 1.29 is 18.8 Å². The summed E-state index contributed by atoms with van der Waals surface area (Å²) in [5.74, 6) is -0.847. The number of nitrogens with zero attached hydrogens (tertiary/aromatic N) is 3. The molecule has 0 spiro atoms. The molecule has 3 aliphatic rings. The Kier molecular flexibility index (Phi) is 7.17. The monoisotopic (exact) mass is 442 g/mol. The second kappa shape index (κ2) is 10.2. The van der Waals surface area contributed by atoms with E-state index in [0.29, 0.717) is 25.2 Å². The van der Waals surface area contributed by atoms with Gasteiger partial charge in [0, 0.05) is 32.0 Å². The van der Waals surface area contributed by atoms with Crippen molar-refractivity contribution in [2.45, 2.75) is 70.4 Å². The molecule has 32 heavy (non-hydrogen) atoms. The topological polar surface area (TPSA) is 82.1 Å². The summed E-state index contributed by atoms with van der Waals surface area (Å²) in [5.41, 5.74) is 1.09. The SMILES string of the molecule is O=C(NC1CCCCC1)C1CCCN(C(=O)C2=NN(Cc3ccc(F)cc3)C(=O)CC2)C1. The molecule has 8 heteroatoms. The lowest BCUT2D eigenvalue weighted by Crippen LogP contribution is -2.50. The van der Waals surface area contributed by atoms with E-state index in [1.807, 2.05) is 0 Å². The quantitative estimate of drug-likeness (QED) is 0.761. The van der Waals surface area contributed by atoms with Crippen LogP contribution in [0.2, 0.25) is 0 Å². The normalized spacial score (nSPS) is 22.5. The van der Waals surface area contributed by atoms with Crippen LogP contribution in [0.5, 0.6) is 0 Å². The number of amides is 3. The molecule has 0 radical (unpaired) electrons. The van der Waals surface area contributed by atoms with Gasteiger partial charge in [-0.3, -0.25) is 14.4 Å². The Morgan fingerprint density at radius 1 is 1.03 bits per heavy atom. The number of carbonyl (C=O) groups excluding carboxylic acids is 3. The van der Waals surface area contributed by atoms with Gasteiger partial charge in [0.25, 0.3) is 5.91 Å². The summed E-state index contributed by atoms with van der Waals surface area (Å²) >= 11 is 0. The first-order valence-electron chi connectivity index (χ1n) is 11.7. The third kappa shape index (κ3) is 5.53. The van der Waals surface area contributed by atoms with E-state index in [1.54, 1.807) is 17.0 Å². The average Bonchev–Trinajstić information content (AvgIpc) is 2.82. The maximum atomic E-state index is 13.1. The van der Waals surface area contributed by atoms with Crippen molar-refractivity contribution in [3.05, 3.63) is 35.6 Å². The number of benzene rings is 1. The maximum Gasteiger partial charge on any atom is 0.270 e. The van der Waals surface area contributed by atoms with E-state index < -0.39 is 0 Å². The summed E-state index contributed by atoms with van der Waals surface area (Å²) in [4.78, 5) is 39.9. The molecule has 3 amide bonds. The van der Waals surface area contributed by atoms with Gasteiger partial charge in [0.1, 0.15) is 11.5 Å². The summed E-state index contributed by atoms with van der Waals surface area (Å²) in [6.45, 7) is 1.18. The third-order valence-electron chi connectivity index (χ3n) is 6.63. The molecule has 7 nitrogen and oxygen atoms in total. The highest BCUT2D eigenvalue weighted by Gasteiger charge is 2.33. The van der Waals surface area contributed by atoms with E-state index in [9.17, 15) is 18.8 Å². The van der Waals surface area contributed by atoms with Crippen molar-refractivity contribution in [2.75, 3.05) is 13.1 Å². The first-order chi connectivity index (χ1) is 15.5. The Morgan fingerprint density at radius 3 is 2.53 bits per heavy atom. The van der Waals surface area contributed by atoms with Gasteiger partial charge in [-0.25, -0.2) is 9.40 Å². The number of carbonyl (C=O) groups is 3. The smallest absolute Gasteiger partial charge is 0.270 e. The molecule has 0 bridgehead atoms. The van der Waals surface area contributed by atoms with Crippen LogP contribution in [0.1, 0.15) is 63.4 Å². The van der Waals surface area contributed by atoms with Crippen molar-refractivity contribution >= 4 is 23.4 Å². The zero-order chi connectivity index (χ0) is 22.5. The fourth-order valence-corrected chi connectivity index (χ4v) is 4.77. The molecule has 1 atom stereocenters. The first kappa shape index (κ1) is 22.4. The van der Waals surface area contributed by atoms with Crippen LogP contribution in [0.15, 0.2) is 29.4 Å². The Hall–Kier alpha value is -2.77. The summed E-state index contributed by atoms with van der Waals surface area (Å²) < 4.78 is 13.1. The minimum absolute atomic E-state index is 0.0492. The predicted octanol–water partition coefficient (Wildman–Crippen LogP) is 2.99. The first-order valence-corrected chi connectivity index (χ1v) is 11.7. The Balaban J connectivity index is 1.38. The number of rotatable bonds is 5. The third-order valence-corrected chi connectivity index (χ3v) is 6.63. The molecule has 0 aromatic heterocycles. The molecule has 1 aromatic rings. The standard InChI is InChI=1S/C24H31FN4O3/c25-19-10-8-17(9-11-19)15-29-22(30)13-12-21(27-29)24(32)28-14-4-5-18(16-28)23(31)26-20-6-2-1-3-7-20/h8-11,18,20H,1-7,12-16H2,(H,26,31). The van der Waals surface area contributed by atoms with Crippen LogP contribution >= 0.6 is 0 Å². The molecule has 1 saturated carbocycles. The van der Waals surface area contributed by atoms with Gasteiger partial charge in [-0.05, 0) is 43.4 Å². The van der Waals surface area contributed by atoms with Crippen LogP contribution in [0.25, 0.3) is 0 Å². The van der Waals surface area contributed by atoms with Gasteiger partial charge in [-0.15, -0.1) is 0 Å². The number of hydrogen-bond donors (Lipinski definition) is 1. The van der Waals surface area contributed by atoms with Crippen LogP contribution in [-0.4, -0.2) is 52.5 Å². The maximum absolute atomic E-state index is 13.1. The van der Waals surface area contributed by atoms with Gasteiger partial charge in [-0.2, -0.15) is 5.10 Å². The van der Waals surface area contributed by atoms with Crippen molar-refractivity contribution in [1.29, 1.82) is 0 Å². The molecule has 1 unspecified atom stereocenters. The molecule has 1 N–H and O–H groups in total. The van der Waals surface area contributed by atoms with Crippen molar-refractivity contribution in [3.8, 4) is 0 Å². The summed E-state index contributed by atoms with van der Waals surface area (Å²) in [7, 11) is 0. The van der Waals surface area contributed by atoms with Gasteiger partial charge in [-0.1, -0.05) is 31.4 Å². The number of nitrogens with one attached hydrogen (secondary N) is 1. The summed E-state index contributed by atoms with van der Waals surface area (Å²) in [6.07, 6.45) is 7.70. The van der Waals surface area contributed by atoms with Crippen LogP contribution in [0, 0.1) is 11.7 Å². The van der Waals surface area contributed by atoms with E-state index in [2.05, 4.69) is 10.4 Å². The highest BCUT2D eigenvalue weighted by Crippen LogP contribution is 2.22. The van der Waals surface area contributed by atoms with Gasteiger partial charge in [0.15, 0.2) is 0 Å². The van der Waals surface area contributed by atoms with E-state index in [1.165, 1.54) is 23.6 Å². The number of piperidine rings is 1. The summed E-state index contributed by atoms with van der Waals surface area (Å²) in [5, 5.41) is 8.81. The zero-order valence-electron chi connectivity index (χ0n) is 18.4. The molecule has 1 saturated heterocycles. The lowest BCUT2D eigenvalue weighted by Gasteiger charge is -2.34. The number of hydrogen-bond acceptors (Lipinski definition) is 4. The molecular formula is C24H31FN4O3. The highest BCUT2D eigenvalue weighted by atomic mass is 19.1. The minimum Gasteiger partial charge on any atom is -0.353 e. The van der Waals surface area contributed by atoms with Crippen LogP contribution in [0.3, 0.4) is 0 Å². The molecule has 2 fully saturated rings. The van der Waals surface area contributed by atoms with E-state index >= 15 is 0 Å². The van der Waals surface area contributed by atoms with Gasteiger partial charge < -0.3 is 10.2 Å². The van der Waals surface area contributed by atoms with Gasteiger partial charge in [0.2, 0.25) is 11.8 Å². The van der Waals surface area contributed by atoms with Crippen molar-refractivity contribution in [1.82, 2.24) is 15.2 Å². The Morgan fingerprint density at radius 2 is 1.78 bits per heavy atom. The largest absolute Gasteiger partial charge is 0.353 e. The molecule has 2 aliphatic heterocycles. The number of likely N-dealkylation sites (tertiary alicyclic amines) is 1. The number of hydrazone groups is 1. The van der Waals surface area contributed by atoms with Gasteiger partial charge in [0.05, 0.1) is 12.5 Å². The number of halogens is 1. The fourth-order valence-electron chi connectivity index (χ4n) is 4.77. The molecule has 1 aromatic carbocycles.